The van der Waals surface area contributed by atoms with Crippen molar-refractivity contribution >= 4 is 27.3 Å². The van der Waals surface area contributed by atoms with Gasteiger partial charge in [0.1, 0.15) is 6.33 Å². The Balaban J connectivity index is 2.19. The number of hydrogen-bond donors (Lipinski definition) is 2. The van der Waals surface area contributed by atoms with Crippen molar-refractivity contribution in [1.82, 2.24) is 14.8 Å². The lowest BCUT2D eigenvalue weighted by Crippen LogP contribution is -2.12. The fourth-order valence-electron chi connectivity index (χ4n) is 1.63. The molecule has 0 aliphatic heterocycles. The summed E-state index contributed by atoms with van der Waals surface area (Å²) in [4.78, 5) is 0. The van der Waals surface area contributed by atoms with Crippen LogP contribution in [0.1, 0.15) is 18.8 Å². The molecule has 0 amide bonds. The van der Waals surface area contributed by atoms with Gasteiger partial charge in [-0.3, -0.25) is 0 Å². The molecule has 0 spiro atoms. The fraction of sp³-hybridized carbons (Fsp3) is 0.273. The number of aryl methyl sites for hydroxylation is 1. The Kier molecular flexibility index (Phi) is 3.33. The first kappa shape index (κ1) is 11.9. The fourth-order valence-corrected chi connectivity index (χ4v) is 2.14. The normalized spacial score (nSPS) is 12.4. The maximum Gasteiger partial charge on any atom is 0.154 e. The van der Waals surface area contributed by atoms with Crippen LogP contribution in [0.3, 0.4) is 0 Å². The second kappa shape index (κ2) is 4.75. The second-order valence-corrected chi connectivity index (χ2v) is 4.76. The van der Waals surface area contributed by atoms with E-state index >= 15 is 0 Å². The van der Waals surface area contributed by atoms with Crippen LogP contribution in [0.25, 0.3) is 0 Å². The van der Waals surface area contributed by atoms with Gasteiger partial charge in [-0.05, 0) is 41.1 Å². The number of nitrogen functional groups attached to an aromatic ring is 1. The summed E-state index contributed by atoms with van der Waals surface area (Å²) >= 11 is 3.47. The van der Waals surface area contributed by atoms with E-state index in [0.29, 0.717) is 0 Å². The third-order valence-electron chi connectivity index (χ3n) is 2.50. The number of halogens is 1. The SMILES string of the molecule is CC(Nc1ccc(N)cc1Br)c1nncn1C. The van der Waals surface area contributed by atoms with Crippen LogP contribution in [0.4, 0.5) is 11.4 Å². The van der Waals surface area contributed by atoms with Crippen molar-refractivity contribution in [3.05, 3.63) is 34.8 Å². The maximum atomic E-state index is 5.69. The summed E-state index contributed by atoms with van der Waals surface area (Å²) in [6.07, 6.45) is 1.69. The molecule has 5 nitrogen and oxygen atoms in total. The molecule has 1 unspecified atom stereocenters. The molecule has 6 heteroatoms. The standard InChI is InChI=1S/C11H14BrN5/c1-7(11-16-14-6-17(11)2)15-10-4-3-8(13)5-9(10)12/h3-7,15H,13H2,1-2H3. The van der Waals surface area contributed by atoms with Gasteiger partial charge in [0.25, 0.3) is 0 Å². The van der Waals surface area contributed by atoms with Gasteiger partial charge in [-0.25, -0.2) is 0 Å². The Morgan fingerprint density at radius 3 is 2.82 bits per heavy atom. The summed E-state index contributed by atoms with van der Waals surface area (Å²) in [7, 11) is 1.92. The number of nitrogens with zero attached hydrogens (tertiary/aromatic N) is 3. The minimum Gasteiger partial charge on any atom is -0.399 e. The zero-order valence-corrected chi connectivity index (χ0v) is 11.3. The summed E-state index contributed by atoms with van der Waals surface area (Å²) in [5.41, 5.74) is 7.40. The smallest absolute Gasteiger partial charge is 0.154 e. The molecule has 2 aromatic rings. The largest absolute Gasteiger partial charge is 0.399 e. The Bertz CT molecular complexity index is 522. The molecule has 1 aromatic heterocycles. The van der Waals surface area contributed by atoms with Gasteiger partial charge in [0.05, 0.1) is 6.04 Å². The van der Waals surface area contributed by atoms with Crippen molar-refractivity contribution in [1.29, 1.82) is 0 Å². The number of hydrogen-bond acceptors (Lipinski definition) is 4. The predicted molar refractivity (Wildman–Crippen MR) is 71.6 cm³/mol. The molecule has 0 aliphatic rings. The van der Waals surface area contributed by atoms with Crippen LogP contribution in [-0.2, 0) is 7.05 Å². The highest BCUT2D eigenvalue weighted by molar-refractivity contribution is 9.10. The number of nitrogens with two attached hydrogens (primary N) is 1. The topological polar surface area (TPSA) is 68.8 Å². The summed E-state index contributed by atoms with van der Waals surface area (Å²) in [5.74, 6) is 0.883. The van der Waals surface area contributed by atoms with E-state index in [1.165, 1.54) is 0 Å². The molecule has 0 bridgehead atoms. The summed E-state index contributed by atoms with van der Waals surface area (Å²) in [6, 6.07) is 5.73. The number of benzene rings is 1. The quantitative estimate of drug-likeness (QED) is 0.853. The summed E-state index contributed by atoms with van der Waals surface area (Å²) in [5, 5.41) is 11.3. The van der Waals surface area contributed by atoms with Crippen LogP contribution in [-0.4, -0.2) is 14.8 Å². The lowest BCUT2D eigenvalue weighted by molar-refractivity contribution is 0.719. The van der Waals surface area contributed by atoms with Gasteiger partial charge in [0.15, 0.2) is 5.82 Å². The summed E-state index contributed by atoms with van der Waals surface area (Å²) < 4.78 is 2.83. The van der Waals surface area contributed by atoms with Crippen molar-refractivity contribution in [2.75, 3.05) is 11.1 Å². The molecular weight excluding hydrogens is 282 g/mol. The Morgan fingerprint density at radius 1 is 1.47 bits per heavy atom. The molecule has 1 aromatic carbocycles. The van der Waals surface area contributed by atoms with Crippen molar-refractivity contribution in [3.8, 4) is 0 Å². The van der Waals surface area contributed by atoms with Gasteiger partial charge in [0, 0.05) is 22.9 Å². The van der Waals surface area contributed by atoms with Gasteiger partial charge in [0.2, 0.25) is 0 Å². The highest BCUT2D eigenvalue weighted by Crippen LogP contribution is 2.27. The molecule has 2 rings (SSSR count). The lowest BCUT2D eigenvalue weighted by Gasteiger charge is -2.15. The third kappa shape index (κ3) is 2.58. The predicted octanol–water partition coefficient (Wildman–Crippen LogP) is 2.33. The maximum absolute atomic E-state index is 5.69. The van der Waals surface area contributed by atoms with E-state index in [1.807, 2.05) is 36.7 Å². The van der Waals surface area contributed by atoms with E-state index < -0.39 is 0 Å². The van der Waals surface area contributed by atoms with E-state index in [9.17, 15) is 0 Å². The lowest BCUT2D eigenvalue weighted by atomic mass is 10.2. The number of rotatable bonds is 3. The molecule has 0 aliphatic carbocycles. The molecule has 17 heavy (non-hydrogen) atoms. The van der Waals surface area contributed by atoms with E-state index in [4.69, 9.17) is 5.73 Å². The van der Waals surface area contributed by atoms with E-state index in [2.05, 4.69) is 31.4 Å². The van der Waals surface area contributed by atoms with E-state index in [-0.39, 0.29) is 6.04 Å². The highest BCUT2D eigenvalue weighted by atomic mass is 79.9. The molecule has 1 atom stereocenters. The Hall–Kier alpha value is -1.56. The number of aromatic nitrogens is 3. The molecule has 0 radical (unpaired) electrons. The minimum atomic E-state index is 0.0717. The second-order valence-electron chi connectivity index (χ2n) is 3.91. The van der Waals surface area contributed by atoms with Crippen molar-refractivity contribution in [3.63, 3.8) is 0 Å². The van der Waals surface area contributed by atoms with Gasteiger partial charge in [-0.1, -0.05) is 0 Å². The Morgan fingerprint density at radius 2 is 2.24 bits per heavy atom. The van der Waals surface area contributed by atoms with Gasteiger partial charge in [-0.2, -0.15) is 0 Å². The van der Waals surface area contributed by atoms with Gasteiger partial charge in [-0.15, -0.1) is 10.2 Å². The first-order valence-electron chi connectivity index (χ1n) is 5.23. The third-order valence-corrected chi connectivity index (χ3v) is 3.15. The minimum absolute atomic E-state index is 0.0717. The first-order valence-corrected chi connectivity index (χ1v) is 6.02. The molecular formula is C11H14BrN5. The average Bonchev–Trinajstić information content (AvgIpc) is 2.68. The van der Waals surface area contributed by atoms with Crippen LogP contribution in [0.15, 0.2) is 29.0 Å². The van der Waals surface area contributed by atoms with Crippen molar-refractivity contribution < 1.29 is 0 Å². The van der Waals surface area contributed by atoms with Crippen LogP contribution >= 0.6 is 15.9 Å². The zero-order valence-electron chi connectivity index (χ0n) is 9.68. The summed E-state index contributed by atoms with van der Waals surface area (Å²) in [6.45, 7) is 2.03. The number of anilines is 2. The molecule has 0 fully saturated rings. The monoisotopic (exact) mass is 295 g/mol. The highest BCUT2D eigenvalue weighted by Gasteiger charge is 2.12. The van der Waals surface area contributed by atoms with Crippen molar-refractivity contribution in [2.45, 2.75) is 13.0 Å². The van der Waals surface area contributed by atoms with Crippen molar-refractivity contribution in [2.24, 2.45) is 7.05 Å². The molecule has 0 saturated carbocycles. The molecule has 3 N–H and O–H groups in total. The van der Waals surface area contributed by atoms with Crippen LogP contribution < -0.4 is 11.1 Å². The molecule has 90 valence electrons. The number of nitrogens with one attached hydrogen (secondary N) is 1. The van der Waals surface area contributed by atoms with E-state index in [1.54, 1.807) is 6.33 Å². The molecule has 1 heterocycles. The van der Waals surface area contributed by atoms with Gasteiger partial charge < -0.3 is 15.6 Å². The van der Waals surface area contributed by atoms with Gasteiger partial charge >= 0.3 is 0 Å². The average molecular weight is 296 g/mol. The molecule has 0 saturated heterocycles. The van der Waals surface area contributed by atoms with E-state index in [0.717, 1.165) is 21.7 Å². The van der Waals surface area contributed by atoms with Crippen LogP contribution in [0.2, 0.25) is 0 Å². The zero-order chi connectivity index (χ0) is 12.4. The van der Waals surface area contributed by atoms with Crippen LogP contribution in [0.5, 0.6) is 0 Å². The van der Waals surface area contributed by atoms with Crippen LogP contribution in [0, 0.1) is 0 Å². The first-order chi connectivity index (χ1) is 8.08. The Labute approximate surface area is 108 Å².